The predicted molar refractivity (Wildman–Crippen MR) is 93.4 cm³/mol. The Balaban J connectivity index is 1.76. The highest BCUT2D eigenvalue weighted by molar-refractivity contribution is 5.93. The van der Waals surface area contributed by atoms with Crippen LogP contribution in [0.5, 0.6) is 0 Å². The summed E-state index contributed by atoms with van der Waals surface area (Å²) < 4.78 is 14.8. The van der Waals surface area contributed by atoms with Gasteiger partial charge in [0.05, 0.1) is 22.7 Å². The molecule has 5 N–H and O–H groups in total. The number of aliphatic hydroxyl groups excluding tert-OH is 1. The Morgan fingerprint density at radius 1 is 1.28 bits per heavy atom. The van der Waals surface area contributed by atoms with E-state index in [0.717, 1.165) is 19.3 Å². The van der Waals surface area contributed by atoms with Crippen molar-refractivity contribution in [1.29, 1.82) is 0 Å². The summed E-state index contributed by atoms with van der Waals surface area (Å²) in [5, 5.41) is 20.2. The minimum absolute atomic E-state index is 0.0340. The second-order valence-electron chi connectivity index (χ2n) is 6.40. The highest BCUT2D eigenvalue weighted by atomic mass is 19.1. The van der Waals surface area contributed by atoms with Gasteiger partial charge in [0.2, 0.25) is 5.95 Å². The SMILES string of the molecule is Nc1nc(N[C@H]2CCC[C@H](O)C2)c2c(F)cc(-c3cc[nH]n3)cc2n1. The van der Waals surface area contributed by atoms with Gasteiger partial charge in [0.25, 0.3) is 0 Å². The first-order valence-electron chi connectivity index (χ1n) is 8.31. The van der Waals surface area contributed by atoms with Crippen molar-refractivity contribution in [3.8, 4) is 11.3 Å². The number of aromatic nitrogens is 4. The van der Waals surface area contributed by atoms with Gasteiger partial charge in [-0.2, -0.15) is 10.1 Å². The molecule has 25 heavy (non-hydrogen) atoms. The van der Waals surface area contributed by atoms with Crippen LogP contribution in [0, 0.1) is 5.82 Å². The molecule has 0 radical (unpaired) electrons. The van der Waals surface area contributed by atoms with Crippen molar-refractivity contribution in [2.75, 3.05) is 11.1 Å². The summed E-state index contributed by atoms with van der Waals surface area (Å²) in [7, 11) is 0. The van der Waals surface area contributed by atoms with Crippen LogP contribution in [0.2, 0.25) is 0 Å². The lowest BCUT2D eigenvalue weighted by Gasteiger charge is -2.27. The normalized spacial score (nSPS) is 20.7. The maximum absolute atomic E-state index is 14.8. The van der Waals surface area contributed by atoms with E-state index in [1.54, 1.807) is 18.3 Å². The molecule has 7 nitrogen and oxygen atoms in total. The summed E-state index contributed by atoms with van der Waals surface area (Å²) >= 11 is 0. The van der Waals surface area contributed by atoms with Gasteiger partial charge >= 0.3 is 0 Å². The van der Waals surface area contributed by atoms with E-state index in [1.807, 2.05) is 0 Å². The van der Waals surface area contributed by atoms with Crippen LogP contribution in [0.4, 0.5) is 16.2 Å². The maximum atomic E-state index is 14.8. The van der Waals surface area contributed by atoms with Gasteiger partial charge in [-0.15, -0.1) is 0 Å². The molecule has 1 aromatic carbocycles. The van der Waals surface area contributed by atoms with Crippen LogP contribution in [0.1, 0.15) is 25.7 Å². The number of nitrogen functional groups attached to an aromatic ring is 1. The Hall–Kier alpha value is -2.74. The summed E-state index contributed by atoms with van der Waals surface area (Å²) in [6, 6.07) is 4.95. The zero-order valence-electron chi connectivity index (χ0n) is 13.5. The molecular formula is C17H19FN6O. The number of aromatic amines is 1. The Morgan fingerprint density at radius 2 is 2.16 bits per heavy atom. The third-order valence-electron chi connectivity index (χ3n) is 4.55. The highest BCUT2D eigenvalue weighted by Crippen LogP contribution is 2.31. The largest absolute Gasteiger partial charge is 0.393 e. The molecule has 2 atom stereocenters. The zero-order valence-corrected chi connectivity index (χ0v) is 13.5. The third kappa shape index (κ3) is 3.12. The summed E-state index contributed by atoms with van der Waals surface area (Å²) in [6.45, 7) is 0. The second kappa shape index (κ2) is 6.29. The van der Waals surface area contributed by atoms with Gasteiger partial charge in [-0.1, -0.05) is 0 Å². The van der Waals surface area contributed by atoms with Crippen molar-refractivity contribution in [3.05, 3.63) is 30.2 Å². The molecule has 1 fully saturated rings. The summed E-state index contributed by atoms with van der Waals surface area (Å²) in [5.74, 6) is 0.00646. The lowest BCUT2D eigenvalue weighted by molar-refractivity contribution is 0.124. The van der Waals surface area contributed by atoms with Gasteiger partial charge in [-0.05, 0) is 43.9 Å². The van der Waals surface area contributed by atoms with Crippen molar-refractivity contribution in [2.45, 2.75) is 37.8 Å². The third-order valence-corrected chi connectivity index (χ3v) is 4.55. The molecule has 3 aromatic rings. The topological polar surface area (TPSA) is 113 Å². The number of fused-ring (bicyclic) bond motifs is 1. The lowest BCUT2D eigenvalue weighted by Crippen LogP contribution is -2.30. The van der Waals surface area contributed by atoms with Crippen LogP contribution in [-0.4, -0.2) is 37.4 Å². The van der Waals surface area contributed by atoms with Gasteiger partial charge in [-0.25, -0.2) is 9.37 Å². The van der Waals surface area contributed by atoms with E-state index in [4.69, 9.17) is 5.73 Å². The van der Waals surface area contributed by atoms with Crippen molar-refractivity contribution < 1.29 is 9.50 Å². The number of benzene rings is 1. The number of nitrogens with one attached hydrogen (secondary N) is 2. The van der Waals surface area contributed by atoms with E-state index < -0.39 is 5.82 Å². The quantitative estimate of drug-likeness (QED) is 0.581. The number of nitrogens with two attached hydrogens (primary N) is 1. The standard InChI is InChI=1S/C17H19FN6O/c18-12-6-9(13-4-5-20-24-13)7-14-15(12)16(23-17(19)22-14)21-10-2-1-3-11(25)8-10/h4-7,10-11,25H,1-3,8H2,(H,20,24)(H3,19,21,22,23)/t10-,11-/m0/s1. The van der Waals surface area contributed by atoms with Crippen LogP contribution < -0.4 is 11.1 Å². The van der Waals surface area contributed by atoms with Crippen LogP contribution in [0.25, 0.3) is 22.2 Å². The van der Waals surface area contributed by atoms with Crippen molar-refractivity contribution in [3.63, 3.8) is 0 Å². The molecule has 0 bridgehead atoms. The second-order valence-corrected chi connectivity index (χ2v) is 6.40. The molecule has 1 aliphatic rings. The van der Waals surface area contributed by atoms with E-state index in [9.17, 15) is 9.50 Å². The molecular weight excluding hydrogens is 323 g/mol. The van der Waals surface area contributed by atoms with Crippen LogP contribution in [0.15, 0.2) is 24.4 Å². The number of hydrogen-bond donors (Lipinski definition) is 4. The monoisotopic (exact) mass is 342 g/mol. The van der Waals surface area contributed by atoms with E-state index >= 15 is 0 Å². The number of anilines is 2. The Morgan fingerprint density at radius 3 is 2.92 bits per heavy atom. The maximum Gasteiger partial charge on any atom is 0.222 e. The summed E-state index contributed by atoms with van der Waals surface area (Å²) in [5.41, 5.74) is 7.48. The van der Waals surface area contributed by atoms with Crippen molar-refractivity contribution in [1.82, 2.24) is 20.2 Å². The van der Waals surface area contributed by atoms with Crippen LogP contribution in [0.3, 0.4) is 0 Å². The number of nitrogens with zero attached hydrogens (tertiary/aromatic N) is 3. The zero-order chi connectivity index (χ0) is 17.4. The number of aliphatic hydroxyl groups is 1. The number of H-pyrrole nitrogens is 1. The highest BCUT2D eigenvalue weighted by Gasteiger charge is 2.22. The molecule has 8 heteroatoms. The summed E-state index contributed by atoms with van der Waals surface area (Å²) in [6.07, 6.45) is 4.56. The first-order valence-corrected chi connectivity index (χ1v) is 8.31. The number of halogens is 1. The van der Waals surface area contributed by atoms with Gasteiger partial charge in [0.1, 0.15) is 11.6 Å². The van der Waals surface area contributed by atoms with Crippen LogP contribution in [-0.2, 0) is 0 Å². The number of hydrogen-bond acceptors (Lipinski definition) is 6. The molecule has 0 spiro atoms. The van der Waals surface area contributed by atoms with Crippen LogP contribution >= 0.6 is 0 Å². The smallest absolute Gasteiger partial charge is 0.222 e. The van der Waals surface area contributed by atoms with Gasteiger partial charge < -0.3 is 16.2 Å². The molecule has 2 aromatic heterocycles. The Labute approximate surface area is 143 Å². The molecule has 4 rings (SSSR count). The van der Waals surface area contributed by atoms with Crippen molar-refractivity contribution >= 4 is 22.7 Å². The molecule has 2 heterocycles. The molecule has 130 valence electrons. The predicted octanol–water partition coefficient (Wildman–Crippen LogP) is 2.46. The fourth-order valence-electron chi connectivity index (χ4n) is 3.40. The Kier molecular flexibility index (Phi) is 3.96. The lowest BCUT2D eigenvalue weighted by atomic mass is 9.93. The van der Waals surface area contributed by atoms with E-state index in [1.165, 1.54) is 6.07 Å². The van der Waals surface area contributed by atoms with E-state index in [-0.39, 0.29) is 18.1 Å². The first-order chi connectivity index (χ1) is 12.1. The molecule has 1 aliphatic carbocycles. The van der Waals surface area contributed by atoms with E-state index in [0.29, 0.717) is 34.4 Å². The average Bonchev–Trinajstić information content (AvgIpc) is 3.08. The van der Waals surface area contributed by atoms with Crippen molar-refractivity contribution in [2.24, 2.45) is 0 Å². The molecule has 1 saturated carbocycles. The van der Waals surface area contributed by atoms with Gasteiger partial charge in [0, 0.05) is 17.8 Å². The molecule has 0 unspecified atom stereocenters. The van der Waals surface area contributed by atoms with E-state index in [2.05, 4.69) is 25.5 Å². The number of rotatable bonds is 3. The fourth-order valence-corrected chi connectivity index (χ4v) is 3.40. The minimum Gasteiger partial charge on any atom is -0.393 e. The first kappa shape index (κ1) is 15.8. The van der Waals surface area contributed by atoms with Gasteiger partial charge in [0.15, 0.2) is 0 Å². The average molecular weight is 342 g/mol. The molecule has 0 saturated heterocycles. The fraction of sp³-hybridized carbons (Fsp3) is 0.353. The Bertz CT molecular complexity index is 898. The molecule has 0 aliphatic heterocycles. The minimum atomic E-state index is -0.436. The summed E-state index contributed by atoms with van der Waals surface area (Å²) in [4.78, 5) is 8.36. The molecule has 0 amide bonds. The van der Waals surface area contributed by atoms with Gasteiger partial charge in [-0.3, -0.25) is 5.10 Å².